The number of likely N-dealkylation sites (N-methyl/N-ethyl adjacent to an activating group) is 1. The summed E-state index contributed by atoms with van der Waals surface area (Å²) in [5.41, 5.74) is -1.28. The van der Waals surface area contributed by atoms with Crippen LogP contribution in [-0.4, -0.2) is 86.0 Å². The number of nitrogens with zero attached hydrogens (tertiary/aromatic N) is 2. The van der Waals surface area contributed by atoms with Crippen LogP contribution in [0.2, 0.25) is 0 Å². The Morgan fingerprint density at radius 3 is 2.31 bits per heavy atom. The van der Waals surface area contributed by atoms with Gasteiger partial charge in [0.1, 0.15) is 22.8 Å². The molecule has 0 aromatic heterocycles. The molecule has 1 aromatic rings. The number of benzene rings is 1. The fourth-order valence-corrected chi connectivity index (χ4v) is 7.34. The van der Waals surface area contributed by atoms with Crippen molar-refractivity contribution in [3.05, 3.63) is 51.0 Å². The second-order valence-corrected chi connectivity index (χ2v) is 11.9. The van der Waals surface area contributed by atoms with Gasteiger partial charge in [-0.25, -0.2) is 0 Å². The molecule has 4 atom stereocenters. The first-order valence-electron chi connectivity index (χ1n) is 13.9. The summed E-state index contributed by atoms with van der Waals surface area (Å²) in [6.07, 6.45) is -2.91. The van der Waals surface area contributed by atoms with Crippen molar-refractivity contribution in [3.63, 3.8) is 0 Å². The van der Waals surface area contributed by atoms with Crippen LogP contribution in [0.25, 0.3) is 0 Å². The Labute approximate surface area is 239 Å². The summed E-state index contributed by atoms with van der Waals surface area (Å²) in [4.78, 5) is 42.5. The number of nitrogens with two attached hydrogens (primary N) is 1. The van der Waals surface area contributed by atoms with E-state index in [1.807, 2.05) is 11.8 Å². The van der Waals surface area contributed by atoms with Crippen LogP contribution in [0.5, 0.6) is 5.75 Å². The molecule has 0 spiro atoms. The molecule has 0 bridgehead atoms. The second-order valence-electron chi connectivity index (χ2n) is 11.9. The predicted octanol–water partition coefficient (Wildman–Crippen LogP) is 2.51. The van der Waals surface area contributed by atoms with Crippen molar-refractivity contribution < 1.29 is 48.0 Å². The Morgan fingerprint density at radius 1 is 1.17 bits per heavy atom. The average Bonchev–Trinajstić information content (AvgIpc) is 2.83. The minimum absolute atomic E-state index is 0.0855. The summed E-state index contributed by atoms with van der Waals surface area (Å²) >= 11 is 0. The fraction of sp³-hybridized carbons (Fsp3) is 0.552. The minimum Gasteiger partial charge on any atom is -0.510 e. The number of rotatable bonds is 6. The largest absolute Gasteiger partial charge is 0.510 e. The Morgan fingerprint density at radius 2 is 1.81 bits per heavy atom. The minimum atomic E-state index is -4.88. The van der Waals surface area contributed by atoms with Crippen molar-refractivity contribution in [1.82, 2.24) is 9.80 Å². The maximum Gasteiger partial charge on any atom is 0.417 e. The highest BCUT2D eigenvalue weighted by Gasteiger charge is 2.63. The zero-order valence-electron chi connectivity index (χ0n) is 23.5. The number of phenolic OH excluding ortho intramolecular Hbond substituents is 1. The number of aliphatic hydroxyl groups excluding tert-OH is 2. The Balaban J connectivity index is 1.69. The van der Waals surface area contributed by atoms with Crippen molar-refractivity contribution in [2.24, 2.45) is 17.6 Å². The first-order chi connectivity index (χ1) is 19.5. The molecule has 0 heterocycles. The van der Waals surface area contributed by atoms with E-state index in [1.54, 1.807) is 0 Å². The van der Waals surface area contributed by atoms with E-state index in [4.69, 9.17) is 5.73 Å². The zero-order valence-corrected chi connectivity index (χ0v) is 23.5. The number of phenols is 1. The van der Waals surface area contributed by atoms with Gasteiger partial charge in [0, 0.05) is 24.1 Å². The molecule has 0 saturated heterocycles. The van der Waals surface area contributed by atoms with E-state index in [0.29, 0.717) is 6.54 Å². The van der Waals surface area contributed by atoms with Gasteiger partial charge < -0.3 is 26.2 Å². The molecule has 1 amide bonds. The normalized spacial score (nSPS) is 28.2. The van der Waals surface area contributed by atoms with Gasteiger partial charge >= 0.3 is 6.18 Å². The lowest BCUT2D eigenvalue weighted by Crippen LogP contribution is -2.63. The number of fused-ring (bicyclic) bond motifs is 3. The van der Waals surface area contributed by atoms with Gasteiger partial charge in [0.25, 0.3) is 5.91 Å². The standard InChI is InChI=1S/C29H34F3N3O7/c1-4-35(14-6-5-7-14)11-13-10-17(36)19-15(21(13)29(30,31)32)8-12-9-16-22(34(2)3)24(38)20(27(33)41)26(40)28(16,42)25(39)18(12)23(19)37/h10,12,14,16,22,36,38-39,42H,4-9,11H2,1-3H3,(H2,33,41)/t12-,16-,22-,28-/m0/s1. The number of halogens is 3. The molecule has 4 aliphatic carbocycles. The number of amides is 1. The Kier molecular flexibility index (Phi) is 7.22. The third kappa shape index (κ3) is 4.23. The number of allylic oxidation sites excluding steroid dienone is 1. The highest BCUT2D eigenvalue weighted by Crippen LogP contribution is 2.54. The summed E-state index contributed by atoms with van der Waals surface area (Å²) in [5.74, 6) is -8.93. The first kappa shape index (κ1) is 30.1. The molecule has 13 heteroatoms. The molecule has 5 rings (SSSR count). The van der Waals surface area contributed by atoms with Gasteiger partial charge in [-0.2, -0.15) is 13.2 Å². The van der Waals surface area contributed by atoms with Crippen LogP contribution in [0.4, 0.5) is 13.2 Å². The summed E-state index contributed by atoms with van der Waals surface area (Å²) < 4.78 is 44.2. The highest BCUT2D eigenvalue weighted by atomic mass is 19.4. The quantitative estimate of drug-likeness (QED) is 0.312. The number of aliphatic hydroxyl groups is 3. The lowest BCUT2D eigenvalue weighted by molar-refractivity contribution is -0.148. The van der Waals surface area contributed by atoms with Crippen LogP contribution in [0, 0.1) is 11.8 Å². The predicted molar refractivity (Wildman–Crippen MR) is 142 cm³/mol. The monoisotopic (exact) mass is 593 g/mol. The number of Topliss-reactive ketones (excluding diaryl/α,β-unsaturated/α-hetero) is 2. The molecule has 1 aromatic carbocycles. The van der Waals surface area contributed by atoms with Crippen molar-refractivity contribution in [3.8, 4) is 5.75 Å². The van der Waals surface area contributed by atoms with Crippen LogP contribution in [0.15, 0.2) is 28.7 Å². The van der Waals surface area contributed by atoms with Crippen molar-refractivity contribution >= 4 is 17.5 Å². The average molecular weight is 594 g/mol. The zero-order chi connectivity index (χ0) is 31.0. The van der Waals surface area contributed by atoms with E-state index in [-0.39, 0.29) is 24.6 Å². The number of ketones is 2. The third-order valence-electron chi connectivity index (χ3n) is 9.46. The molecule has 1 saturated carbocycles. The molecular weight excluding hydrogens is 559 g/mol. The maximum absolute atomic E-state index is 14.7. The third-order valence-corrected chi connectivity index (χ3v) is 9.46. The molecule has 0 aliphatic heterocycles. The Bertz CT molecular complexity index is 1450. The van der Waals surface area contributed by atoms with Gasteiger partial charge in [0.2, 0.25) is 5.78 Å². The van der Waals surface area contributed by atoms with E-state index in [0.717, 1.165) is 25.3 Å². The van der Waals surface area contributed by atoms with E-state index in [9.17, 15) is 48.0 Å². The van der Waals surface area contributed by atoms with Gasteiger partial charge in [-0.05, 0) is 69.4 Å². The van der Waals surface area contributed by atoms with Crippen molar-refractivity contribution in [2.45, 2.75) is 69.4 Å². The van der Waals surface area contributed by atoms with Gasteiger partial charge in [-0.1, -0.05) is 13.3 Å². The van der Waals surface area contributed by atoms with Crippen molar-refractivity contribution in [2.75, 3.05) is 20.6 Å². The van der Waals surface area contributed by atoms with Crippen LogP contribution >= 0.6 is 0 Å². The van der Waals surface area contributed by atoms with Crippen LogP contribution in [0.3, 0.4) is 0 Å². The van der Waals surface area contributed by atoms with Gasteiger partial charge in [0.05, 0.1) is 17.2 Å². The molecule has 4 aliphatic rings. The van der Waals surface area contributed by atoms with Crippen LogP contribution in [-0.2, 0) is 28.7 Å². The number of hydrogen-bond donors (Lipinski definition) is 5. The van der Waals surface area contributed by atoms with Gasteiger partial charge in [-0.15, -0.1) is 0 Å². The van der Waals surface area contributed by atoms with Crippen LogP contribution in [0.1, 0.15) is 59.7 Å². The fourth-order valence-electron chi connectivity index (χ4n) is 7.34. The summed E-state index contributed by atoms with van der Waals surface area (Å²) in [6.45, 7) is 2.25. The number of alkyl halides is 3. The number of aromatic hydroxyl groups is 1. The molecule has 6 N–H and O–H groups in total. The number of carbonyl (C=O) groups is 3. The molecular formula is C29H34F3N3O7. The summed E-state index contributed by atoms with van der Waals surface area (Å²) in [7, 11) is 2.95. The number of hydrogen-bond acceptors (Lipinski definition) is 9. The first-order valence-corrected chi connectivity index (χ1v) is 13.9. The molecule has 0 radical (unpaired) electrons. The molecule has 0 unspecified atom stereocenters. The molecule has 1 fully saturated rings. The topological polar surface area (TPSA) is 165 Å². The Hall–Kier alpha value is -3.42. The summed E-state index contributed by atoms with van der Waals surface area (Å²) in [5, 5.41) is 44.8. The van der Waals surface area contributed by atoms with Crippen molar-refractivity contribution in [1.29, 1.82) is 0 Å². The lowest BCUT2D eigenvalue weighted by Gasteiger charge is -2.50. The second kappa shape index (κ2) is 10.1. The number of carbonyl (C=O) groups excluding carboxylic acids is 3. The van der Waals surface area contributed by atoms with Gasteiger partial charge in [0.15, 0.2) is 11.4 Å². The van der Waals surface area contributed by atoms with E-state index < -0.39 is 98.7 Å². The van der Waals surface area contributed by atoms with E-state index in [1.165, 1.54) is 19.0 Å². The maximum atomic E-state index is 14.7. The SMILES string of the molecule is CCN(Cc1cc(O)c2c(c1C(F)(F)F)C[C@H]1C[C@H]3[C@H](N(C)C)C(O)=C(C(N)=O)C(=O)[C@@]3(O)C(O)=C1C2=O)C1CCC1. The van der Waals surface area contributed by atoms with Crippen LogP contribution < -0.4 is 5.73 Å². The molecule has 10 nitrogen and oxygen atoms in total. The molecule has 228 valence electrons. The number of primary amides is 1. The van der Waals surface area contributed by atoms with E-state index in [2.05, 4.69) is 0 Å². The highest BCUT2D eigenvalue weighted by molar-refractivity contribution is 6.24. The smallest absolute Gasteiger partial charge is 0.417 e. The lowest BCUT2D eigenvalue weighted by atomic mass is 9.58. The molecule has 42 heavy (non-hydrogen) atoms. The van der Waals surface area contributed by atoms with Gasteiger partial charge in [-0.3, -0.25) is 24.2 Å². The van der Waals surface area contributed by atoms with E-state index >= 15 is 0 Å². The summed E-state index contributed by atoms with van der Waals surface area (Å²) in [6, 6.07) is -0.187.